The van der Waals surface area contributed by atoms with Crippen LogP contribution in [0.15, 0.2) is 60.7 Å². The van der Waals surface area contributed by atoms with E-state index in [1.165, 1.54) is 11.1 Å². The Kier molecular flexibility index (Phi) is 7.73. The van der Waals surface area contributed by atoms with E-state index in [2.05, 4.69) is 65.7 Å². The molecule has 1 heterocycles. The maximum absolute atomic E-state index is 6.30. The van der Waals surface area contributed by atoms with Gasteiger partial charge in [0.05, 0.1) is 6.61 Å². The number of ether oxygens (including phenoxy) is 1. The van der Waals surface area contributed by atoms with Gasteiger partial charge in [-0.05, 0) is 18.1 Å². The van der Waals surface area contributed by atoms with Gasteiger partial charge in [0.1, 0.15) is 6.10 Å². The molecule has 1 aliphatic rings. The fourth-order valence-corrected chi connectivity index (χ4v) is 3.14. The molecule has 130 valence electrons. The zero-order valence-corrected chi connectivity index (χ0v) is 15.0. The molecule has 0 bridgehead atoms. The second-order valence-electron chi connectivity index (χ2n) is 6.16. The fourth-order valence-electron chi connectivity index (χ4n) is 3.14. The van der Waals surface area contributed by atoms with Gasteiger partial charge in [-0.25, -0.2) is 0 Å². The third kappa shape index (κ3) is 5.05. The summed E-state index contributed by atoms with van der Waals surface area (Å²) in [6.45, 7) is 7.26. The predicted octanol–water partition coefficient (Wildman–Crippen LogP) is 3.51. The van der Waals surface area contributed by atoms with E-state index in [1.54, 1.807) is 0 Å². The van der Waals surface area contributed by atoms with Crippen LogP contribution in [0, 0.1) is 0 Å². The minimum atomic E-state index is 0. The Morgan fingerprint density at radius 2 is 1.62 bits per heavy atom. The molecule has 4 heteroatoms. The van der Waals surface area contributed by atoms with Crippen LogP contribution in [-0.2, 0) is 4.74 Å². The van der Waals surface area contributed by atoms with Crippen molar-refractivity contribution in [3.05, 3.63) is 71.8 Å². The minimum absolute atomic E-state index is 0. The summed E-state index contributed by atoms with van der Waals surface area (Å²) in [6, 6.07) is 21.6. The van der Waals surface area contributed by atoms with Crippen LogP contribution >= 0.6 is 12.4 Å². The quantitative estimate of drug-likeness (QED) is 0.866. The summed E-state index contributed by atoms with van der Waals surface area (Å²) in [6.07, 6.45) is 0.00983. The van der Waals surface area contributed by atoms with Gasteiger partial charge in [0.2, 0.25) is 0 Å². The molecule has 2 aromatic rings. The van der Waals surface area contributed by atoms with Gasteiger partial charge in [0.15, 0.2) is 0 Å². The highest BCUT2D eigenvalue weighted by Gasteiger charge is 2.19. The number of rotatable bonds is 6. The summed E-state index contributed by atoms with van der Waals surface area (Å²) in [5.41, 5.74) is 2.43. The molecule has 24 heavy (non-hydrogen) atoms. The average Bonchev–Trinajstić information content (AvgIpc) is 2.62. The number of piperazine rings is 1. The van der Waals surface area contributed by atoms with E-state index in [-0.39, 0.29) is 18.5 Å². The van der Waals surface area contributed by atoms with Gasteiger partial charge in [-0.2, -0.15) is 0 Å². The van der Waals surface area contributed by atoms with Gasteiger partial charge in [-0.15, -0.1) is 12.4 Å². The van der Waals surface area contributed by atoms with Crippen LogP contribution in [0.4, 0.5) is 0 Å². The van der Waals surface area contributed by atoms with Crippen LogP contribution in [0.2, 0.25) is 0 Å². The highest BCUT2D eigenvalue weighted by molar-refractivity contribution is 5.85. The SMILES string of the molecule is C[C@@H]1CNCCN1CCOC(c1ccccc1)c1ccccc1.Cl. The molecule has 0 radical (unpaired) electrons. The highest BCUT2D eigenvalue weighted by atomic mass is 35.5. The topological polar surface area (TPSA) is 24.5 Å². The third-order valence-corrected chi connectivity index (χ3v) is 4.51. The normalized spacial score (nSPS) is 18.3. The number of hydrogen-bond acceptors (Lipinski definition) is 3. The molecule has 0 spiro atoms. The van der Waals surface area contributed by atoms with Crippen molar-refractivity contribution in [1.29, 1.82) is 0 Å². The van der Waals surface area contributed by atoms with Crippen molar-refractivity contribution in [3.63, 3.8) is 0 Å². The van der Waals surface area contributed by atoms with Gasteiger partial charge in [-0.3, -0.25) is 4.90 Å². The highest BCUT2D eigenvalue weighted by Crippen LogP contribution is 2.25. The van der Waals surface area contributed by atoms with Gasteiger partial charge in [-0.1, -0.05) is 60.7 Å². The Hall–Kier alpha value is -1.39. The molecule has 0 saturated carbocycles. The molecule has 1 aliphatic heterocycles. The van der Waals surface area contributed by atoms with Crippen molar-refractivity contribution in [1.82, 2.24) is 10.2 Å². The first-order valence-electron chi connectivity index (χ1n) is 8.51. The van der Waals surface area contributed by atoms with Crippen molar-refractivity contribution in [3.8, 4) is 0 Å². The zero-order valence-electron chi connectivity index (χ0n) is 14.2. The Balaban J connectivity index is 0.00000208. The maximum atomic E-state index is 6.30. The molecule has 1 N–H and O–H groups in total. The van der Waals surface area contributed by atoms with Gasteiger partial charge >= 0.3 is 0 Å². The Bertz CT molecular complexity index is 539. The van der Waals surface area contributed by atoms with E-state index in [0.29, 0.717) is 6.04 Å². The first-order valence-corrected chi connectivity index (χ1v) is 8.51. The molecule has 0 amide bonds. The Morgan fingerprint density at radius 1 is 1.04 bits per heavy atom. The molecule has 3 rings (SSSR count). The molecule has 1 atom stereocenters. The smallest absolute Gasteiger partial charge is 0.108 e. The largest absolute Gasteiger partial charge is 0.367 e. The number of nitrogens with one attached hydrogen (secondary N) is 1. The average molecular weight is 347 g/mol. The molecule has 0 aliphatic carbocycles. The lowest BCUT2D eigenvalue weighted by Crippen LogP contribution is -2.50. The summed E-state index contributed by atoms with van der Waals surface area (Å²) in [5.74, 6) is 0. The summed E-state index contributed by atoms with van der Waals surface area (Å²) < 4.78 is 6.30. The van der Waals surface area contributed by atoms with Crippen LogP contribution in [0.5, 0.6) is 0 Å². The molecule has 3 nitrogen and oxygen atoms in total. The molecule has 0 unspecified atom stereocenters. The summed E-state index contributed by atoms with van der Waals surface area (Å²) in [5, 5.41) is 3.43. The van der Waals surface area contributed by atoms with Gasteiger partial charge in [0, 0.05) is 32.2 Å². The van der Waals surface area contributed by atoms with Crippen LogP contribution in [-0.4, -0.2) is 43.7 Å². The summed E-state index contributed by atoms with van der Waals surface area (Å²) in [4.78, 5) is 2.50. The van der Waals surface area contributed by atoms with Crippen molar-refractivity contribution in [2.24, 2.45) is 0 Å². The molecule has 2 aromatic carbocycles. The van der Waals surface area contributed by atoms with Crippen LogP contribution in [0.25, 0.3) is 0 Å². The predicted molar refractivity (Wildman–Crippen MR) is 102 cm³/mol. The van der Waals surface area contributed by atoms with Crippen molar-refractivity contribution in [2.75, 3.05) is 32.8 Å². The van der Waals surface area contributed by atoms with E-state index in [1.807, 2.05) is 12.1 Å². The maximum Gasteiger partial charge on any atom is 0.108 e. The lowest BCUT2D eigenvalue weighted by Gasteiger charge is -2.34. The van der Waals surface area contributed by atoms with E-state index in [0.717, 1.165) is 32.8 Å². The molecule has 1 saturated heterocycles. The number of halogens is 1. The Labute approximate surface area is 151 Å². The fraction of sp³-hybridized carbons (Fsp3) is 0.400. The van der Waals surface area contributed by atoms with Crippen LogP contribution < -0.4 is 5.32 Å². The van der Waals surface area contributed by atoms with E-state index >= 15 is 0 Å². The van der Waals surface area contributed by atoms with E-state index < -0.39 is 0 Å². The van der Waals surface area contributed by atoms with Crippen LogP contribution in [0.1, 0.15) is 24.2 Å². The van der Waals surface area contributed by atoms with Gasteiger partial charge in [0.25, 0.3) is 0 Å². The van der Waals surface area contributed by atoms with Crippen LogP contribution in [0.3, 0.4) is 0 Å². The molecule has 1 fully saturated rings. The molecular weight excluding hydrogens is 320 g/mol. The number of benzene rings is 2. The zero-order chi connectivity index (χ0) is 15.9. The van der Waals surface area contributed by atoms with Crippen molar-refractivity contribution >= 4 is 12.4 Å². The lowest BCUT2D eigenvalue weighted by molar-refractivity contribution is 0.0464. The van der Waals surface area contributed by atoms with Crippen molar-refractivity contribution < 1.29 is 4.74 Å². The Morgan fingerprint density at radius 3 is 2.17 bits per heavy atom. The standard InChI is InChI=1S/C20H26N2O.ClH/c1-17-16-21-12-13-22(17)14-15-23-20(18-8-4-2-5-9-18)19-10-6-3-7-11-19;/h2-11,17,20-21H,12-16H2,1H3;1H/t17-;/m1./s1. The first-order chi connectivity index (χ1) is 11.3. The third-order valence-electron chi connectivity index (χ3n) is 4.51. The summed E-state index contributed by atoms with van der Waals surface area (Å²) >= 11 is 0. The number of hydrogen-bond donors (Lipinski definition) is 1. The van der Waals surface area contributed by atoms with E-state index in [4.69, 9.17) is 4.74 Å². The minimum Gasteiger partial charge on any atom is -0.367 e. The lowest BCUT2D eigenvalue weighted by atomic mass is 10.0. The van der Waals surface area contributed by atoms with Crippen molar-refractivity contribution in [2.45, 2.75) is 19.1 Å². The number of nitrogens with zero attached hydrogens (tertiary/aromatic N) is 1. The second kappa shape index (κ2) is 9.80. The first kappa shape index (κ1) is 18.9. The van der Waals surface area contributed by atoms with E-state index in [9.17, 15) is 0 Å². The molecule has 0 aromatic heterocycles. The second-order valence-corrected chi connectivity index (χ2v) is 6.16. The monoisotopic (exact) mass is 346 g/mol. The molecular formula is C20H27ClN2O. The summed E-state index contributed by atoms with van der Waals surface area (Å²) in [7, 11) is 0. The van der Waals surface area contributed by atoms with Gasteiger partial charge < -0.3 is 10.1 Å².